The van der Waals surface area contributed by atoms with Crippen LogP contribution in [0.3, 0.4) is 0 Å². The second-order valence-electron chi connectivity index (χ2n) is 6.44. The maximum absolute atomic E-state index is 12.9. The fourth-order valence-electron chi connectivity index (χ4n) is 2.81. The molecule has 0 heterocycles. The van der Waals surface area contributed by atoms with Crippen LogP contribution in [0.2, 0.25) is 0 Å². The first-order valence-electron chi connectivity index (χ1n) is 9.39. The summed E-state index contributed by atoms with van der Waals surface area (Å²) in [6, 6.07) is 14.2. The first kappa shape index (κ1) is 20.9. The Labute approximate surface area is 159 Å². The van der Waals surface area contributed by atoms with Crippen molar-refractivity contribution >= 4 is 5.97 Å². The molecule has 2 aromatic carbocycles. The van der Waals surface area contributed by atoms with E-state index >= 15 is 0 Å². The van der Waals surface area contributed by atoms with E-state index < -0.39 is 12.1 Å². The molecule has 0 aromatic heterocycles. The van der Waals surface area contributed by atoms with Gasteiger partial charge in [0.15, 0.2) is 6.10 Å². The summed E-state index contributed by atoms with van der Waals surface area (Å²) in [6.07, 6.45) is 3.64. The summed E-state index contributed by atoms with van der Waals surface area (Å²) in [6.45, 7) is 2.64. The number of hydrogen-bond acceptors (Lipinski definition) is 3. The normalized spacial score (nSPS) is 11.9. The number of benzene rings is 2. The Hall–Kier alpha value is -2.40. The van der Waals surface area contributed by atoms with Gasteiger partial charge in [-0.1, -0.05) is 37.1 Å². The highest BCUT2D eigenvalue weighted by atomic mass is 19.1. The van der Waals surface area contributed by atoms with Crippen LogP contribution in [0.4, 0.5) is 4.39 Å². The van der Waals surface area contributed by atoms with Gasteiger partial charge in [0.05, 0.1) is 0 Å². The molecule has 4 nitrogen and oxygen atoms in total. The van der Waals surface area contributed by atoms with Gasteiger partial charge < -0.3 is 14.6 Å². The van der Waals surface area contributed by atoms with Crippen LogP contribution in [0.15, 0.2) is 48.5 Å². The molecule has 0 bridgehead atoms. The second-order valence-corrected chi connectivity index (χ2v) is 6.44. The smallest absolute Gasteiger partial charge is 0.332 e. The molecule has 0 radical (unpaired) electrons. The molecular formula is C22H27FO4. The number of hydrogen-bond donors (Lipinski definition) is 1. The fraction of sp³-hybridized carbons (Fsp3) is 0.409. The lowest BCUT2D eigenvalue weighted by atomic mass is 10.0. The Morgan fingerprint density at radius 3 is 2.30 bits per heavy atom. The van der Waals surface area contributed by atoms with Gasteiger partial charge in [-0.05, 0) is 61.6 Å². The molecule has 0 saturated heterocycles. The molecule has 5 heteroatoms. The van der Waals surface area contributed by atoms with E-state index in [4.69, 9.17) is 14.6 Å². The quantitative estimate of drug-likeness (QED) is 0.531. The number of unbranched alkanes of at least 4 members (excludes halogenated alkanes) is 2. The first-order valence-corrected chi connectivity index (χ1v) is 9.39. The Balaban J connectivity index is 1.66. The zero-order chi connectivity index (χ0) is 19.5. The number of carboxylic acids is 1. The third-order valence-electron chi connectivity index (χ3n) is 4.32. The van der Waals surface area contributed by atoms with E-state index in [2.05, 4.69) is 0 Å². The number of aryl methyl sites for hydroxylation is 1. The first-order chi connectivity index (χ1) is 13.1. The minimum atomic E-state index is -0.881. The van der Waals surface area contributed by atoms with Crippen molar-refractivity contribution in [1.29, 1.82) is 0 Å². The van der Waals surface area contributed by atoms with Gasteiger partial charge in [0.2, 0.25) is 0 Å². The maximum Gasteiger partial charge on any atom is 0.332 e. The fourth-order valence-corrected chi connectivity index (χ4v) is 2.81. The van der Waals surface area contributed by atoms with E-state index in [0.717, 1.165) is 37.0 Å². The van der Waals surface area contributed by atoms with Gasteiger partial charge in [-0.25, -0.2) is 9.18 Å². The van der Waals surface area contributed by atoms with Crippen LogP contribution in [0.25, 0.3) is 0 Å². The minimum Gasteiger partial charge on any atom is -0.489 e. The van der Waals surface area contributed by atoms with Crippen molar-refractivity contribution in [2.45, 2.75) is 51.7 Å². The lowest BCUT2D eigenvalue weighted by Gasteiger charge is -2.11. The van der Waals surface area contributed by atoms with Crippen LogP contribution < -0.4 is 4.74 Å². The predicted molar refractivity (Wildman–Crippen MR) is 102 cm³/mol. The predicted octanol–water partition coefficient (Wildman–Crippen LogP) is 5.00. The van der Waals surface area contributed by atoms with Gasteiger partial charge >= 0.3 is 5.97 Å². The molecule has 0 amide bonds. The third-order valence-corrected chi connectivity index (χ3v) is 4.32. The molecule has 0 aliphatic rings. The molecule has 0 saturated carbocycles. The molecule has 0 aliphatic heterocycles. The maximum atomic E-state index is 12.9. The second kappa shape index (κ2) is 11.3. The SMILES string of the molecule is CCOC(CCCCCc1ccc(OCc2ccc(F)cc2)cc1)C(=O)O. The number of ether oxygens (including phenoxy) is 2. The third kappa shape index (κ3) is 7.79. The molecule has 1 N–H and O–H groups in total. The van der Waals surface area contributed by atoms with Crippen molar-refractivity contribution in [3.05, 3.63) is 65.5 Å². The van der Waals surface area contributed by atoms with Crippen molar-refractivity contribution in [3.8, 4) is 5.75 Å². The van der Waals surface area contributed by atoms with Crippen molar-refractivity contribution in [2.75, 3.05) is 6.61 Å². The molecule has 27 heavy (non-hydrogen) atoms. The summed E-state index contributed by atoms with van der Waals surface area (Å²) in [7, 11) is 0. The molecular weight excluding hydrogens is 347 g/mol. The van der Waals surface area contributed by atoms with Crippen LogP contribution in [0.5, 0.6) is 5.75 Å². The van der Waals surface area contributed by atoms with Crippen molar-refractivity contribution in [3.63, 3.8) is 0 Å². The molecule has 1 atom stereocenters. The number of aliphatic carboxylic acids is 1. The molecule has 0 aliphatic carbocycles. The average molecular weight is 374 g/mol. The summed E-state index contributed by atoms with van der Waals surface area (Å²) in [5.74, 6) is -0.350. The van der Waals surface area contributed by atoms with E-state index in [1.54, 1.807) is 12.1 Å². The average Bonchev–Trinajstić information content (AvgIpc) is 2.67. The van der Waals surface area contributed by atoms with E-state index in [1.165, 1.54) is 17.7 Å². The lowest BCUT2D eigenvalue weighted by Crippen LogP contribution is -2.23. The number of carbonyl (C=O) groups is 1. The zero-order valence-electron chi connectivity index (χ0n) is 15.7. The molecule has 0 fully saturated rings. The van der Waals surface area contributed by atoms with Crippen molar-refractivity contribution in [1.82, 2.24) is 0 Å². The topological polar surface area (TPSA) is 55.8 Å². The molecule has 0 spiro atoms. The molecule has 2 rings (SSSR count). The van der Waals surface area contributed by atoms with Crippen LogP contribution in [0.1, 0.15) is 43.7 Å². The Bertz CT molecular complexity index is 682. The van der Waals surface area contributed by atoms with Crippen LogP contribution in [-0.4, -0.2) is 23.8 Å². The molecule has 2 aromatic rings. The Kier molecular flexibility index (Phi) is 8.78. The van der Waals surface area contributed by atoms with Crippen LogP contribution in [0, 0.1) is 5.82 Å². The van der Waals surface area contributed by atoms with Gasteiger partial charge in [0.1, 0.15) is 18.2 Å². The monoisotopic (exact) mass is 374 g/mol. The summed E-state index contributed by atoms with van der Waals surface area (Å²) in [4.78, 5) is 11.0. The van der Waals surface area contributed by atoms with Gasteiger partial charge in [0.25, 0.3) is 0 Å². The minimum absolute atomic E-state index is 0.250. The number of rotatable bonds is 12. The van der Waals surface area contributed by atoms with Crippen LogP contribution in [-0.2, 0) is 22.6 Å². The molecule has 1 unspecified atom stereocenters. The highest BCUT2D eigenvalue weighted by molar-refractivity contribution is 5.72. The van der Waals surface area contributed by atoms with E-state index in [9.17, 15) is 9.18 Å². The summed E-state index contributed by atoms with van der Waals surface area (Å²) >= 11 is 0. The van der Waals surface area contributed by atoms with Gasteiger partial charge in [0, 0.05) is 6.61 Å². The summed E-state index contributed by atoms with van der Waals surface area (Å²) < 4.78 is 23.8. The van der Waals surface area contributed by atoms with Gasteiger partial charge in [-0.15, -0.1) is 0 Å². The largest absolute Gasteiger partial charge is 0.489 e. The highest BCUT2D eigenvalue weighted by Crippen LogP contribution is 2.17. The molecule has 146 valence electrons. The summed E-state index contributed by atoms with van der Waals surface area (Å²) in [5, 5.41) is 9.04. The van der Waals surface area contributed by atoms with Crippen molar-refractivity contribution in [2.24, 2.45) is 0 Å². The van der Waals surface area contributed by atoms with Crippen LogP contribution >= 0.6 is 0 Å². The van der Waals surface area contributed by atoms with Gasteiger partial charge in [-0.2, -0.15) is 0 Å². The Morgan fingerprint density at radius 1 is 1.00 bits per heavy atom. The van der Waals surface area contributed by atoms with E-state index in [1.807, 2.05) is 31.2 Å². The highest BCUT2D eigenvalue weighted by Gasteiger charge is 2.16. The van der Waals surface area contributed by atoms with E-state index in [-0.39, 0.29) is 5.82 Å². The number of carboxylic acid groups (broad SMARTS) is 1. The number of halogens is 1. The Morgan fingerprint density at radius 2 is 1.67 bits per heavy atom. The summed E-state index contributed by atoms with van der Waals surface area (Å²) in [5.41, 5.74) is 2.15. The lowest BCUT2D eigenvalue weighted by molar-refractivity contribution is -0.150. The van der Waals surface area contributed by atoms with Crippen molar-refractivity contribution < 1.29 is 23.8 Å². The van der Waals surface area contributed by atoms with Gasteiger partial charge in [-0.3, -0.25) is 0 Å². The van der Waals surface area contributed by atoms with E-state index in [0.29, 0.717) is 19.6 Å². The standard InChI is InChI=1S/C22H27FO4/c1-2-26-21(22(24)25)7-5-3-4-6-17-10-14-20(15-11-17)27-16-18-8-12-19(23)13-9-18/h8-15,21H,2-7,16H2,1H3,(H,24,25). The zero-order valence-corrected chi connectivity index (χ0v) is 15.7.